The molecule has 3 N–H and O–H groups in total. The number of aromatic nitrogens is 3. The molecular weight excluding hydrogens is 254 g/mol. The molecule has 0 unspecified atom stereocenters. The first-order valence-corrected chi connectivity index (χ1v) is 6.18. The number of nitrogens with one attached hydrogen (secondary N) is 1. The third-order valence-electron chi connectivity index (χ3n) is 2.25. The van der Waals surface area contributed by atoms with Gasteiger partial charge in [-0.25, -0.2) is 5.10 Å². The number of hydrogen-bond acceptors (Lipinski definition) is 6. The standard InChI is InChI=1S/C10H11N5O2S/c11-9-12-10(14-13-9)18-6-5-7-1-3-8(4-2-7)15(16)17/h1-4H,5-6H2,(H3,11,12,13,14). The van der Waals surface area contributed by atoms with Crippen LogP contribution in [0.4, 0.5) is 11.6 Å². The summed E-state index contributed by atoms with van der Waals surface area (Å²) in [5.74, 6) is 1.09. The molecule has 7 nitrogen and oxygen atoms in total. The Hall–Kier alpha value is -2.09. The van der Waals surface area contributed by atoms with Gasteiger partial charge in [0.1, 0.15) is 0 Å². The highest BCUT2D eigenvalue weighted by molar-refractivity contribution is 7.99. The van der Waals surface area contributed by atoms with E-state index in [0.29, 0.717) is 11.1 Å². The van der Waals surface area contributed by atoms with Crippen LogP contribution in [0.15, 0.2) is 29.4 Å². The van der Waals surface area contributed by atoms with Crippen LogP contribution in [0.5, 0.6) is 0 Å². The van der Waals surface area contributed by atoms with Gasteiger partial charge < -0.3 is 5.73 Å². The van der Waals surface area contributed by atoms with Crippen LogP contribution in [0.25, 0.3) is 0 Å². The van der Waals surface area contributed by atoms with Crippen molar-refractivity contribution in [1.82, 2.24) is 15.2 Å². The van der Waals surface area contributed by atoms with Gasteiger partial charge in [-0.15, -0.1) is 5.10 Å². The van der Waals surface area contributed by atoms with Crippen molar-refractivity contribution in [2.45, 2.75) is 11.6 Å². The molecule has 1 aromatic heterocycles. The molecule has 2 rings (SSSR count). The van der Waals surface area contributed by atoms with Crippen molar-refractivity contribution in [3.63, 3.8) is 0 Å². The number of benzene rings is 1. The van der Waals surface area contributed by atoms with E-state index in [0.717, 1.165) is 17.7 Å². The second-order valence-corrected chi connectivity index (χ2v) is 4.59. The number of nitro benzene ring substituents is 1. The maximum atomic E-state index is 10.5. The van der Waals surface area contributed by atoms with Crippen molar-refractivity contribution < 1.29 is 4.92 Å². The third-order valence-corrected chi connectivity index (χ3v) is 3.10. The number of hydrogen-bond donors (Lipinski definition) is 2. The van der Waals surface area contributed by atoms with Crippen molar-refractivity contribution in [3.8, 4) is 0 Å². The van der Waals surface area contributed by atoms with Crippen LogP contribution in [0.2, 0.25) is 0 Å². The van der Waals surface area contributed by atoms with E-state index in [9.17, 15) is 10.1 Å². The maximum absolute atomic E-state index is 10.5. The van der Waals surface area contributed by atoms with E-state index in [1.54, 1.807) is 12.1 Å². The Morgan fingerprint density at radius 3 is 2.67 bits per heavy atom. The van der Waals surface area contributed by atoms with E-state index < -0.39 is 4.92 Å². The first-order valence-electron chi connectivity index (χ1n) is 5.19. The fraction of sp³-hybridized carbons (Fsp3) is 0.200. The highest BCUT2D eigenvalue weighted by Crippen LogP contribution is 2.17. The number of aryl methyl sites for hydroxylation is 1. The number of nitrogens with two attached hydrogens (primary N) is 1. The topological polar surface area (TPSA) is 111 Å². The van der Waals surface area contributed by atoms with E-state index in [4.69, 9.17) is 5.73 Å². The molecule has 2 aromatic rings. The lowest BCUT2D eigenvalue weighted by Crippen LogP contribution is -1.91. The van der Waals surface area contributed by atoms with E-state index in [2.05, 4.69) is 15.2 Å². The normalized spacial score (nSPS) is 10.4. The summed E-state index contributed by atoms with van der Waals surface area (Å²) in [5, 5.41) is 17.5. The van der Waals surface area contributed by atoms with E-state index >= 15 is 0 Å². The Balaban J connectivity index is 1.85. The zero-order chi connectivity index (χ0) is 13.0. The maximum Gasteiger partial charge on any atom is 0.269 e. The third kappa shape index (κ3) is 3.20. The van der Waals surface area contributed by atoms with Gasteiger partial charge in [-0.1, -0.05) is 23.9 Å². The molecule has 0 aliphatic carbocycles. The summed E-state index contributed by atoms with van der Waals surface area (Å²) in [6.07, 6.45) is 0.789. The second kappa shape index (κ2) is 5.50. The van der Waals surface area contributed by atoms with Gasteiger partial charge >= 0.3 is 0 Å². The Labute approximate surface area is 107 Å². The summed E-state index contributed by atoms with van der Waals surface area (Å²) >= 11 is 1.48. The van der Waals surface area contributed by atoms with Crippen molar-refractivity contribution >= 4 is 23.4 Å². The second-order valence-electron chi connectivity index (χ2n) is 3.53. The molecule has 0 fully saturated rings. The molecule has 0 bridgehead atoms. The van der Waals surface area contributed by atoms with Crippen LogP contribution < -0.4 is 5.73 Å². The smallest absolute Gasteiger partial charge is 0.269 e. The average molecular weight is 265 g/mol. The Kier molecular flexibility index (Phi) is 3.78. The molecule has 0 aliphatic rings. The summed E-state index contributed by atoms with van der Waals surface area (Å²) in [6, 6.07) is 6.52. The highest BCUT2D eigenvalue weighted by atomic mass is 32.2. The molecule has 0 atom stereocenters. The molecule has 0 saturated heterocycles. The number of aromatic amines is 1. The molecule has 0 amide bonds. The van der Waals surface area contributed by atoms with Crippen LogP contribution >= 0.6 is 11.8 Å². The van der Waals surface area contributed by atoms with Gasteiger partial charge in [-0.05, 0) is 12.0 Å². The van der Waals surface area contributed by atoms with Crippen molar-refractivity contribution in [2.75, 3.05) is 11.5 Å². The van der Waals surface area contributed by atoms with E-state index in [1.165, 1.54) is 23.9 Å². The number of anilines is 1. The minimum atomic E-state index is -0.408. The average Bonchev–Trinajstić information content (AvgIpc) is 2.76. The fourth-order valence-corrected chi connectivity index (χ4v) is 2.16. The zero-order valence-electron chi connectivity index (χ0n) is 9.37. The minimum Gasteiger partial charge on any atom is -0.368 e. The van der Waals surface area contributed by atoms with Gasteiger partial charge in [-0.2, -0.15) is 4.98 Å². The summed E-state index contributed by atoms with van der Waals surface area (Å²) in [7, 11) is 0. The number of thioether (sulfide) groups is 1. The van der Waals surface area contributed by atoms with Crippen molar-refractivity contribution in [2.24, 2.45) is 0 Å². The summed E-state index contributed by atoms with van der Waals surface area (Å²) in [6.45, 7) is 0. The van der Waals surface area contributed by atoms with Gasteiger partial charge in [0, 0.05) is 17.9 Å². The number of nitrogen functional groups attached to an aromatic ring is 1. The quantitative estimate of drug-likeness (QED) is 0.483. The van der Waals surface area contributed by atoms with Gasteiger partial charge in [0.05, 0.1) is 4.92 Å². The van der Waals surface area contributed by atoms with Gasteiger partial charge in [0.2, 0.25) is 11.1 Å². The first-order chi connectivity index (χ1) is 8.65. The lowest BCUT2D eigenvalue weighted by molar-refractivity contribution is -0.384. The predicted octanol–water partition coefficient (Wildman–Crippen LogP) is 1.63. The number of rotatable bonds is 5. The van der Waals surface area contributed by atoms with E-state index in [-0.39, 0.29) is 5.69 Å². The molecule has 94 valence electrons. The predicted molar refractivity (Wildman–Crippen MR) is 68.3 cm³/mol. The Morgan fingerprint density at radius 2 is 2.11 bits per heavy atom. The summed E-state index contributed by atoms with van der Waals surface area (Å²) < 4.78 is 0. The number of nitrogens with zero attached hydrogens (tertiary/aromatic N) is 3. The molecule has 18 heavy (non-hydrogen) atoms. The Morgan fingerprint density at radius 1 is 1.39 bits per heavy atom. The van der Waals surface area contributed by atoms with Crippen LogP contribution in [0.1, 0.15) is 5.56 Å². The van der Waals surface area contributed by atoms with Crippen LogP contribution in [0.3, 0.4) is 0 Å². The first kappa shape index (κ1) is 12.4. The van der Waals surface area contributed by atoms with Gasteiger partial charge in [-0.3, -0.25) is 10.1 Å². The monoisotopic (exact) mass is 265 g/mol. The summed E-state index contributed by atoms with van der Waals surface area (Å²) in [4.78, 5) is 14.0. The number of non-ortho nitro benzene ring substituents is 1. The lowest BCUT2D eigenvalue weighted by atomic mass is 10.1. The summed E-state index contributed by atoms with van der Waals surface area (Å²) in [5.41, 5.74) is 6.54. The van der Waals surface area contributed by atoms with Crippen molar-refractivity contribution in [1.29, 1.82) is 0 Å². The lowest BCUT2D eigenvalue weighted by Gasteiger charge is -1.99. The molecular formula is C10H11N5O2S. The SMILES string of the molecule is Nc1nc(SCCc2ccc([N+](=O)[O-])cc2)n[nH]1. The Bertz CT molecular complexity index is 539. The molecule has 1 heterocycles. The molecule has 0 saturated carbocycles. The van der Waals surface area contributed by atoms with Gasteiger partial charge in [0.25, 0.3) is 5.69 Å². The zero-order valence-corrected chi connectivity index (χ0v) is 10.2. The molecule has 0 radical (unpaired) electrons. The van der Waals surface area contributed by atoms with Crippen LogP contribution in [0, 0.1) is 10.1 Å². The molecule has 0 aliphatic heterocycles. The highest BCUT2D eigenvalue weighted by Gasteiger charge is 2.05. The fourth-order valence-electron chi connectivity index (χ4n) is 1.37. The molecule has 1 aromatic carbocycles. The number of nitro groups is 1. The van der Waals surface area contributed by atoms with Crippen LogP contribution in [-0.2, 0) is 6.42 Å². The van der Waals surface area contributed by atoms with Crippen LogP contribution in [-0.4, -0.2) is 25.9 Å². The minimum absolute atomic E-state index is 0.105. The largest absolute Gasteiger partial charge is 0.368 e. The number of H-pyrrole nitrogens is 1. The van der Waals surface area contributed by atoms with Crippen molar-refractivity contribution in [3.05, 3.63) is 39.9 Å². The van der Waals surface area contributed by atoms with E-state index in [1.807, 2.05) is 0 Å². The molecule has 8 heteroatoms. The van der Waals surface area contributed by atoms with Gasteiger partial charge in [0.15, 0.2) is 0 Å². The molecule has 0 spiro atoms.